The van der Waals surface area contributed by atoms with Gasteiger partial charge >= 0.3 is 5.63 Å². The highest BCUT2D eigenvalue weighted by atomic mass is 32.2. The number of ether oxygens (including phenoxy) is 1. The Morgan fingerprint density at radius 2 is 1.92 bits per heavy atom. The molecule has 0 spiro atoms. The normalized spacial score (nSPS) is 10.3. The van der Waals surface area contributed by atoms with Gasteiger partial charge in [0, 0.05) is 16.3 Å². The topological polar surface area (TPSA) is 39.4 Å². The third-order valence-corrected chi connectivity index (χ3v) is 4.53. The van der Waals surface area contributed by atoms with Crippen LogP contribution in [0.2, 0.25) is 0 Å². The number of aryl methyl sites for hydroxylation is 2. The maximum absolute atomic E-state index is 11.2. The number of thioether (sulfide) groups is 1. The van der Waals surface area contributed by atoms with E-state index in [2.05, 4.69) is 24.8 Å². The molecule has 0 aliphatic rings. The van der Waals surface area contributed by atoms with Crippen LogP contribution in [-0.2, 0) is 0 Å². The van der Waals surface area contributed by atoms with Crippen LogP contribution in [0.1, 0.15) is 11.1 Å². The van der Waals surface area contributed by atoms with Gasteiger partial charge in [0.05, 0.1) is 5.75 Å². The van der Waals surface area contributed by atoms with Gasteiger partial charge in [0.2, 0.25) is 0 Å². The molecular weight excluding hydrogens is 332 g/mol. The van der Waals surface area contributed by atoms with E-state index in [0.717, 1.165) is 21.6 Å². The molecule has 0 bridgehead atoms. The van der Waals surface area contributed by atoms with Gasteiger partial charge in [-0.15, -0.1) is 11.8 Å². The van der Waals surface area contributed by atoms with Crippen LogP contribution in [0.5, 0.6) is 5.75 Å². The van der Waals surface area contributed by atoms with E-state index in [0.29, 0.717) is 17.9 Å². The molecule has 0 saturated heterocycles. The third-order valence-electron chi connectivity index (χ3n) is 3.66. The zero-order valence-corrected chi connectivity index (χ0v) is 15.0. The molecule has 1 heterocycles. The van der Waals surface area contributed by atoms with Gasteiger partial charge in [-0.25, -0.2) is 4.79 Å². The molecule has 2 aromatic carbocycles. The van der Waals surface area contributed by atoms with E-state index in [-0.39, 0.29) is 5.63 Å². The summed E-state index contributed by atoms with van der Waals surface area (Å²) >= 11 is 1.64. The Kier molecular flexibility index (Phi) is 5.47. The van der Waals surface area contributed by atoms with Crippen molar-refractivity contribution in [2.45, 2.75) is 18.7 Å². The number of rotatable bonds is 4. The molecule has 0 aliphatic carbocycles. The summed E-state index contributed by atoms with van der Waals surface area (Å²) in [7, 11) is 0. The second-order valence-corrected chi connectivity index (χ2v) is 6.70. The highest BCUT2D eigenvalue weighted by Crippen LogP contribution is 2.22. The molecule has 3 nitrogen and oxygen atoms in total. The van der Waals surface area contributed by atoms with Crippen LogP contribution in [0.25, 0.3) is 11.0 Å². The quantitative estimate of drug-likeness (QED) is 0.392. The Morgan fingerprint density at radius 1 is 1.04 bits per heavy atom. The summed E-state index contributed by atoms with van der Waals surface area (Å²) in [5.41, 5.74) is 2.62. The minimum atomic E-state index is -0.331. The third kappa shape index (κ3) is 4.68. The Labute approximate surface area is 151 Å². The lowest BCUT2D eigenvalue weighted by molar-refractivity contribution is 0.367. The molecule has 0 unspecified atom stereocenters. The van der Waals surface area contributed by atoms with Gasteiger partial charge < -0.3 is 9.15 Å². The zero-order valence-electron chi connectivity index (χ0n) is 14.2. The van der Waals surface area contributed by atoms with Gasteiger partial charge in [-0.1, -0.05) is 29.5 Å². The van der Waals surface area contributed by atoms with E-state index in [1.807, 2.05) is 37.3 Å². The smallest absolute Gasteiger partial charge is 0.336 e. The Morgan fingerprint density at radius 3 is 2.76 bits per heavy atom. The maximum atomic E-state index is 11.2. The Hall–Kier alpha value is -2.64. The predicted molar refractivity (Wildman–Crippen MR) is 102 cm³/mol. The van der Waals surface area contributed by atoms with E-state index >= 15 is 0 Å². The second-order valence-electron chi connectivity index (χ2n) is 5.65. The van der Waals surface area contributed by atoms with Gasteiger partial charge in [-0.2, -0.15) is 0 Å². The second kappa shape index (κ2) is 7.96. The van der Waals surface area contributed by atoms with Crippen molar-refractivity contribution >= 4 is 22.7 Å². The van der Waals surface area contributed by atoms with Crippen molar-refractivity contribution in [3.8, 4) is 17.6 Å². The molecule has 0 radical (unpaired) electrons. The molecule has 0 atom stereocenters. The molecule has 0 saturated carbocycles. The average Bonchev–Trinajstić information content (AvgIpc) is 2.59. The molecule has 0 amide bonds. The molecule has 1 aromatic heterocycles. The largest absolute Gasteiger partial charge is 0.481 e. The summed E-state index contributed by atoms with van der Waals surface area (Å²) in [5, 5.41) is 0.913. The van der Waals surface area contributed by atoms with Crippen LogP contribution in [0.15, 0.2) is 62.6 Å². The van der Waals surface area contributed by atoms with Crippen LogP contribution in [0, 0.1) is 25.7 Å². The summed E-state index contributed by atoms with van der Waals surface area (Å²) in [6, 6.07) is 15.1. The first-order valence-electron chi connectivity index (χ1n) is 7.94. The highest BCUT2D eigenvalue weighted by molar-refractivity contribution is 7.99. The lowest BCUT2D eigenvalue weighted by Gasteiger charge is -2.06. The van der Waals surface area contributed by atoms with Crippen molar-refractivity contribution in [3.05, 3.63) is 70.1 Å². The summed E-state index contributed by atoms with van der Waals surface area (Å²) in [4.78, 5) is 12.3. The van der Waals surface area contributed by atoms with E-state index in [1.54, 1.807) is 17.8 Å². The number of fused-ring (bicyclic) bond motifs is 1. The van der Waals surface area contributed by atoms with Crippen molar-refractivity contribution < 1.29 is 9.15 Å². The summed E-state index contributed by atoms with van der Waals surface area (Å²) in [6.07, 6.45) is 0. The first kappa shape index (κ1) is 17.2. The van der Waals surface area contributed by atoms with E-state index < -0.39 is 0 Å². The molecule has 3 aromatic rings. The highest BCUT2D eigenvalue weighted by Gasteiger charge is 2.00. The Balaban J connectivity index is 1.52. The minimum absolute atomic E-state index is 0.331. The van der Waals surface area contributed by atoms with Crippen molar-refractivity contribution in [1.29, 1.82) is 0 Å². The summed E-state index contributed by atoms with van der Waals surface area (Å²) < 4.78 is 10.8. The van der Waals surface area contributed by atoms with Crippen LogP contribution in [-0.4, -0.2) is 12.4 Å². The van der Waals surface area contributed by atoms with Crippen LogP contribution < -0.4 is 10.4 Å². The lowest BCUT2D eigenvalue weighted by atomic mass is 10.1. The van der Waals surface area contributed by atoms with Crippen molar-refractivity contribution in [2.75, 3.05) is 12.4 Å². The molecule has 0 N–H and O–H groups in total. The average molecular weight is 350 g/mol. The first-order chi connectivity index (χ1) is 12.1. The maximum Gasteiger partial charge on any atom is 0.336 e. The number of benzene rings is 2. The molecule has 25 heavy (non-hydrogen) atoms. The monoisotopic (exact) mass is 350 g/mol. The number of hydrogen-bond donors (Lipinski definition) is 0. The molecule has 0 fully saturated rings. The van der Waals surface area contributed by atoms with Gasteiger partial charge in [0.15, 0.2) is 0 Å². The van der Waals surface area contributed by atoms with Crippen molar-refractivity contribution in [1.82, 2.24) is 0 Å². The fraction of sp³-hybridized carbons (Fsp3) is 0.190. The van der Waals surface area contributed by atoms with Crippen molar-refractivity contribution in [2.24, 2.45) is 0 Å². The summed E-state index contributed by atoms with van der Waals surface area (Å²) in [5.74, 6) is 7.70. The minimum Gasteiger partial charge on any atom is -0.481 e. The van der Waals surface area contributed by atoms with E-state index in [9.17, 15) is 4.79 Å². The van der Waals surface area contributed by atoms with Gasteiger partial charge in [0.1, 0.15) is 17.9 Å². The van der Waals surface area contributed by atoms with E-state index in [4.69, 9.17) is 9.15 Å². The summed E-state index contributed by atoms with van der Waals surface area (Å²) in [6.45, 7) is 4.48. The standard InChI is InChI=1S/C21H18O3S/c1-15-5-8-19(16(2)13-15)23-11-3-4-12-25-18-7-9-20-17(14-18)6-10-21(22)24-20/h5-10,13-14H,11-12H2,1-2H3. The van der Waals surface area contributed by atoms with Crippen LogP contribution in [0.4, 0.5) is 0 Å². The van der Waals surface area contributed by atoms with Gasteiger partial charge in [0.25, 0.3) is 0 Å². The fourth-order valence-electron chi connectivity index (χ4n) is 2.44. The zero-order chi connectivity index (χ0) is 17.6. The van der Waals surface area contributed by atoms with Crippen LogP contribution >= 0.6 is 11.8 Å². The number of hydrogen-bond acceptors (Lipinski definition) is 4. The lowest BCUT2D eigenvalue weighted by Crippen LogP contribution is -1.96. The molecular formula is C21H18O3S. The molecule has 126 valence electrons. The predicted octanol–water partition coefficient (Wildman–Crippen LogP) is 4.58. The van der Waals surface area contributed by atoms with Gasteiger partial charge in [-0.05, 0) is 49.7 Å². The molecule has 3 rings (SSSR count). The Bertz CT molecular complexity index is 1010. The molecule has 0 aliphatic heterocycles. The van der Waals surface area contributed by atoms with E-state index in [1.165, 1.54) is 11.6 Å². The molecule has 4 heteroatoms. The van der Waals surface area contributed by atoms with Crippen molar-refractivity contribution in [3.63, 3.8) is 0 Å². The SMILES string of the molecule is Cc1ccc(OCC#CCSc2ccc3oc(=O)ccc3c2)c(C)c1. The first-order valence-corrected chi connectivity index (χ1v) is 8.93. The van der Waals surface area contributed by atoms with Crippen LogP contribution in [0.3, 0.4) is 0 Å². The fourth-order valence-corrected chi connectivity index (χ4v) is 3.15. The van der Waals surface area contributed by atoms with Gasteiger partial charge in [-0.3, -0.25) is 0 Å².